The maximum Gasteiger partial charge on any atom is 0.281 e. The molecule has 1 saturated heterocycles. The van der Waals surface area contributed by atoms with Gasteiger partial charge in [-0.3, -0.25) is 4.79 Å². The molecule has 2 N–H and O–H groups in total. The topological polar surface area (TPSA) is 109 Å². The number of halogens is 1. The predicted molar refractivity (Wildman–Crippen MR) is 128 cm³/mol. The van der Waals surface area contributed by atoms with E-state index in [1.165, 1.54) is 12.5 Å². The van der Waals surface area contributed by atoms with Crippen LogP contribution in [0.3, 0.4) is 0 Å². The highest BCUT2D eigenvalue weighted by Crippen LogP contribution is 2.47. The number of sulfonamides is 1. The molecule has 0 atom stereocenters. The predicted octanol–water partition coefficient (Wildman–Crippen LogP) is 3.38. The van der Waals surface area contributed by atoms with Crippen LogP contribution in [0.1, 0.15) is 56.4 Å². The summed E-state index contributed by atoms with van der Waals surface area (Å²) in [7, 11) is -4.20. The van der Waals surface area contributed by atoms with Crippen molar-refractivity contribution in [3.8, 4) is 5.75 Å². The number of aromatic nitrogens is 1. The van der Waals surface area contributed by atoms with Gasteiger partial charge in [-0.2, -0.15) is 8.42 Å². The molecule has 2 aromatic rings. The molecule has 8 nitrogen and oxygen atoms in total. The highest BCUT2D eigenvalue weighted by molar-refractivity contribution is 7.90. The van der Waals surface area contributed by atoms with Gasteiger partial charge in [-0.25, -0.2) is 9.71 Å². The van der Waals surface area contributed by atoms with Crippen LogP contribution >= 0.6 is 11.6 Å². The van der Waals surface area contributed by atoms with Crippen molar-refractivity contribution in [1.82, 2.24) is 9.71 Å². The number of pyridine rings is 1. The van der Waals surface area contributed by atoms with Gasteiger partial charge in [0.05, 0.1) is 11.1 Å². The summed E-state index contributed by atoms with van der Waals surface area (Å²) in [4.78, 5) is 19.1. The lowest BCUT2D eigenvalue weighted by Gasteiger charge is -2.36. The highest BCUT2D eigenvalue weighted by atomic mass is 35.5. The van der Waals surface area contributed by atoms with Gasteiger partial charge >= 0.3 is 0 Å². The number of carbonyl (C=O) groups excluding carboxylic acids is 1. The minimum Gasteiger partial charge on any atom is -0.476 e. The van der Waals surface area contributed by atoms with Crippen molar-refractivity contribution in [3.63, 3.8) is 0 Å². The molecule has 2 saturated carbocycles. The molecule has 3 aliphatic rings. The minimum atomic E-state index is -4.20. The van der Waals surface area contributed by atoms with Gasteiger partial charge in [0, 0.05) is 25.9 Å². The Balaban J connectivity index is 1.33. The first-order valence-electron chi connectivity index (χ1n) is 11.7. The monoisotopic (exact) mass is 505 g/mol. The maximum absolute atomic E-state index is 13.1. The standard InChI is InChI=1S/C24H28ClN3O5S/c25-19-9-4-8-18(16-6-2-1-3-7-16)22(19)33-24(12-13-24)23(30)27-34(31,32)21-11-5-10-20(26-21)28-14-17(29)15-28/h4-5,8-11,16-17,29H,1-3,6-7,12-15H2,(H,27,30). The van der Waals surface area contributed by atoms with Gasteiger partial charge in [-0.15, -0.1) is 0 Å². The van der Waals surface area contributed by atoms with E-state index in [0.717, 1.165) is 31.2 Å². The van der Waals surface area contributed by atoms with E-state index in [4.69, 9.17) is 16.3 Å². The Bertz CT molecular complexity index is 1190. The van der Waals surface area contributed by atoms with Crippen molar-refractivity contribution in [2.45, 2.75) is 67.6 Å². The zero-order chi connectivity index (χ0) is 23.9. The quantitative estimate of drug-likeness (QED) is 0.593. The minimum absolute atomic E-state index is 0.254. The average Bonchev–Trinajstić information content (AvgIpc) is 3.60. The van der Waals surface area contributed by atoms with Crippen LogP contribution in [0.4, 0.5) is 5.82 Å². The molecule has 1 amide bonds. The van der Waals surface area contributed by atoms with Crippen molar-refractivity contribution in [3.05, 3.63) is 47.0 Å². The van der Waals surface area contributed by atoms with Crippen LogP contribution in [0, 0.1) is 0 Å². The molecule has 0 radical (unpaired) electrons. The number of ether oxygens (including phenoxy) is 1. The number of rotatable bonds is 7. The Morgan fingerprint density at radius 1 is 1.12 bits per heavy atom. The lowest BCUT2D eigenvalue weighted by Crippen LogP contribution is -2.51. The fraction of sp³-hybridized carbons (Fsp3) is 0.500. The molecule has 5 rings (SSSR count). The maximum atomic E-state index is 13.1. The summed E-state index contributed by atoms with van der Waals surface area (Å²) in [5, 5.41) is 9.67. The Labute approximate surface area is 204 Å². The molecule has 0 spiro atoms. The Kier molecular flexibility index (Phi) is 6.20. The summed E-state index contributed by atoms with van der Waals surface area (Å²) >= 11 is 6.49. The third-order valence-electron chi connectivity index (χ3n) is 6.86. The molecule has 34 heavy (non-hydrogen) atoms. The van der Waals surface area contributed by atoms with E-state index in [1.54, 1.807) is 23.1 Å². The van der Waals surface area contributed by atoms with E-state index >= 15 is 0 Å². The molecule has 0 bridgehead atoms. The van der Waals surface area contributed by atoms with Crippen molar-refractivity contribution in [2.24, 2.45) is 0 Å². The number of hydrogen-bond acceptors (Lipinski definition) is 7. The fourth-order valence-corrected chi connectivity index (χ4v) is 5.92. The molecular weight excluding hydrogens is 478 g/mol. The molecule has 2 heterocycles. The zero-order valence-corrected chi connectivity index (χ0v) is 20.3. The lowest BCUT2D eigenvalue weighted by molar-refractivity contribution is -0.128. The first-order valence-corrected chi connectivity index (χ1v) is 13.6. The van der Waals surface area contributed by atoms with E-state index in [2.05, 4.69) is 9.71 Å². The molecule has 1 aliphatic heterocycles. The number of aliphatic hydroxyl groups excluding tert-OH is 1. The van der Waals surface area contributed by atoms with Gasteiger partial charge in [0.25, 0.3) is 15.9 Å². The van der Waals surface area contributed by atoms with Crippen molar-refractivity contribution < 1.29 is 23.1 Å². The van der Waals surface area contributed by atoms with Gasteiger partial charge in [0.1, 0.15) is 11.6 Å². The molecule has 2 aliphatic carbocycles. The van der Waals surface area contributed by atoms with E-state index in [-0.39, 0.29) is 5.03 Å². The number of hydrogen-bond donors (Lipinski definition) is 2. The number of anilines is 1. The van der Waals surface area contributed by atoms with Crippen LogP contribution in [0.15, 0.2) is 41.4 Å². The molecule has 1 aromatic carbocycles. The smallest absolute Gasteiger partial charge is 0.281 e. The average molecular weight is 506 g/mol. The van der Waals surface area contributed by atoms with Crippen LogP contribution in [0.2, 0.25) is 5.02 Å². The van der Waals surface area contributed by atoms with Crippen LogP contribution < -0.4 is 14.4 Å². The molecule has 3 fully saturated rings. The summed E-state index contributed by atoms with van der Waals surface area (Å²) in [5.74, 6) is 0.523. The van der Waals surface area contributed by atoms with E-state index < -0.39 is 27.6 Å². The van der Waals surface area contributed by atoms with Crippen LogP contribution in [-0.4, -0.2) is 49.2 Å². The lowest BCUT2D eigenvalue weighted by atomic mass is 9.83. The summed E-state index contributed by atoms with van der Waals surface area (Å²) in [6.45, 7) is 0.780. The SMILES string of the molecule is O=C(NS(=O)(=O)c1cccc(N2CC(O)C2)n1)C1(Oc2c(Cl)cccc2C2CCCCC2)CC1. The van der Waals surface area contributed by atoms with Crippen LogP contribution in [0.25, 0.3) is 0 Å². The zero-order valence-electron chi connectivity index (χ0n) is 18.7. The fourth-order valence-electron chi connectivity index (χ4n) is 4.69. The largest absolute Gasteiger partial charge is 0.476 e. The van der Waals surface area contributed by atoms with E-state index in [0.29, 0.717) is 48.4 Å². The van der Waals surface area contributed by atoms with E-state index in [9.17, 15) is 18.3 Å². The first kappa shape index (κ1) is 23.4. The Morgan fingerprint density at radius 2 is 1.82 bits per heavy atom. The van der Waals surface area contributed by atoms with Gasteiger partial charge in [0.2, 0.25) is 0 Å². The number of benzene rings is 1. The van der Waals surface area contributed by atoms with Gasteiger partial charge in [0.15, 0.2) is 10.6 Å². The summed E-state index contributed by atoms with van der Waals surface area (Å²) in [5.41, 5.74) is -0.277. The molecule has 0 unspecified atom stereocenters. The third kappa shape index (κ3) is 4.61. The normalized spacial score (nSPS) is 20.5. The van der Waals surface area contributed by atoms with Gasteiger partial charge in [-0.05, 0) is 42.5 Å². The number of carbonyl (C=O) groups is 1. The second-order valence-corrected chi connectivity index (χ2v) is 11.5. The van der Waals surface area contributed by atoms with Crippen molar-refractivity contribution >= 4 is 33.3 Å². The number of para-hydroxylation sites is 1. The van der Waals surface area contributed by atoms with Gasteiger partial charge in [-0.1, -0.05) is 49.1 Å². The summed E-state index contributed by atoms with van der Waals surface area (Å²) in [6, 6.07) is 10.2. The number of β-amino-alcohol motifs (C(OH)–C–C–N with tert-alkyl or cyclic N) is 1. The molecule has 1 aromatic heterocycles. The second-order valence-electron chi connectivity index (χ2n) is 9.42. The van der Waals surface area contributed by atoms with Crippen LogP contribution in [-0.2, 0) is 14.8 Å². The third-order valence-corrected chi connectivity index (χ3v) is 8.39. The Morgan fingerprint density at radius 3 is 2.50 bits per heavy atom. The van der Waals surface area contributed by atoms with Crippen molar-refractivity contribution in [1.29, 1.82) is 0 Å². The summed E-state index contributed by atoms with van der Waals surface area (Å²) in [6.07, 6.45) is 5.94. The van der Waals surface area contributed by atoms with E-state index in [1.807, 2.05) is 12.1 Å². The number of amides is 1. The first-order chi connectivity index (χ1) is 16.3. The van der Waals surface area contributed by atoms with Crippen LogP contribution in [0.5, 0.6) is 5.75 Å². The number of nitrogens with zero attached hydrogens (tertiary/aromatic N) is 2. The van der Waals surface area contributed by atoms with Gasteiger partial charge < -0.3 is 14.7 Å². The number of nitrogens with one attached hydrogen (secondary N) is 1. The number of aliphatic hydroxyl groups is 1. The second kappa shape index (κ2) is 9.02. The van der Waals surface area contributed by atoms with Crippen molar-refractivity contribution in [2.75, 3.05) is 18.0 Å². The summed E-state index contributed by atoms with van der Waals surface area (Å²) < 4.78 is 34.3. The Hall–Kier alpha value is -2.36. The molecule has 182 valence electrons. The molecular formula is C24H28ClN3O5S. The molecule has 10 heteroatoms. The highest BCUT2D eigenvalue weighted by Gasteiger charge is 2.55.